The summed E-state index contributed by atoms with van der Waals surface area (Å²) in [5.74, 6) is -1.63. The average Bonchev–Trinajstić information content (AvgIpc) is 2.85. The maximum absolute atomic E-state index is 12.9. The minimum Gasteiger partial charge on any atom is -0.454 e. The van der Waals surface area contributed by atoms with Gasteiger partial charge in [0.05, 0.1) is 11.1 Å². The molecule has 1 aromatic heterocycles. The molecule has 4 nitrogen and oxygen atoms in total. The number of ketones is 1. The van der Waals surface area contributed by atoms with Gasteiger partial charge in [-0.2, -0.15) is 13.2 Å². The molecule has 1 heterocycles. The van der Waals surface area contributed by atoms with Gasteiger partial charge in [0.15, 0.2) is 6.61 Å². The Morgan fingerprint density at radius 3 is 2.32 bits per heavy atom. The molecule has 0 spiro atoms. The molecule has 25 heavy (non-hydrogen) atoms. The Balaban J connectivity index is 2.15. The minimum atomic E-state index is -4.67. The number of Topliss-reactive ketones (excluding diaryl/α,β-unsaturated/α-hetero) is 1. The van der Waals surface area contributed by atoms with Gasteiger partial charge in [-0.25, -0.2) is 4.79 Å². The standard InChI is InChI=1S/C18H18F3NO3/c1-4-22-11(2)9-14(12(22)3)16(23)10-25-17(24)13-7-5-6-8-15(13)18(19,20)21/h5-9H,4,10H2,1-3H3. The molecule has 0 atom stereocenters. The highest BCUT2D eigenvalue weighted by Gasteiger charge is 2.35. The van der Waals surface area contributed by atoms with E-state index in [0.717, 1.165) is 23.5 Å². The van der Waals surface area contributed by atoms with Crippen LogP contribution in [0.4, 0.5) is 13.2 Å². The van der Waals surface area contributed by atoms with Crippen LogP contribution in [0.15, 0.2) is 30.3 Å². The number of esters is 1. The molecule has 0 N–H and O–H groups in total. The number of hydrogen-bond acceptors (Lipinski definition) is 3. The van der Waals surface area contributed by atoms with Crippen molar-refractivity contribution in [3.05, 3.63) is 58.4 Å². The lowest BCUT2D eigenvalue weighted by Crippen LogP contribution is -2.18. The fraction of sp³-hybridized carbons (Fsp3) is 0.333. The molecule has 2 aromatic rings. The number of alkyl halides is 3. The minimum absolute atomic E-state index is 0.399. The van der Waals surface area contributed by atoms with Crippen LogP contribution in [0.5, 0.6) is 0 Å². The summed E-state index contributed by atoms with van der Waals surface area (Å²) in [6.07, 6.45) is -4.67. The predicted molar refractivity (Wildman–Crippen MR) is 85.6 cm³/mol. The van der Waals surface area contributed by atoms with E-state index in [2.05, 4.69) is 0 Å². The van der Waals surface area contributed by atoms with Gasteiger partial charge in [-0.15, -0.1) is 0 Å². The molecule has 1 aromatic carbocycles. The molecular formula is C18H18F3NO3. The molecule has 0 aliphatic heterocycles. The summed E-state index contributed by atoms with van der Waals surface area (Å²) in [5.41, 5.74) is 0.323. The number of ether oxygens (including phenoxy) is 1. The van der Waals surface area contributed by atoms with Crippen LogP contribution in [-0.2, 0) is 17.5 Å². The first-order chi connectivity index (χ1) is 11.7. The quantitative estimate of drug-likeness (QED) is 0.598. The molecule has 0 unspecified atom stereocenters. The van der Waals surface area contributed by atoms with Crippen molar-refractivity contribution in [3.63, 3.8) is 0 Å². The van der Waals surface area contributed by atoms with Crippen molar-refractivity contribution in [2.45, 2.75) is 33.5 Å². The Morgan fingerprint density at radius 1 is 1.12 bits per heavy atom. The normalized spacial score (nSPS) is 11.4. The molecule has 0 amide bonds. The third-order valence-corrected chi connectivity index (χ3v) is 3.98. The first kappa shape index (κ1) is 18.8. The number of benzene rings is 1. The Morgan fingerprint density at radius 2 is 1.76 bits per heavy atom. The summed E-state index contributed by atoms with van der Waals surface area (Å²) in [5, 5.41) is 0. The fourth-order valence-electron chi connectivity index (χ4n) is 2.76. The summed E-state index contributed by atoms with van der Waals surface area (Å²) >= 11 is 0. The van der Waals surface area contributed by atoms with E-state index in [1.807, 2.05) is 18.4 Å². The van der Waals surface area contributed by atoms with Crippen LogP contribution in [0.3, 0.4) is 0 Å². The van der Waals surface area contributed by atoms with Gasteiger partial charge in [-0.3, -0.25) is 4.79 Å². The van der Waals surface area contributed by atoms with Crippen molar-refractivity contribution in [1.29, 1.82) is 0 Å². The maximum Gasteiger partial charge on any atom is 0.417 e. The van der Waals surface area contributed by atoms with Crippen LogP contribution >= 0.6 is 0 Å². The lowest BCUT2D eigenvalue weighted by Gasteiger charge is -2.12. The van der Waals surface area contributed by atoms with E-state index in [1.54, 1.807) is 13.0 Å². The zero-order valence-electron chi connectivity index (χ0n) is 14.1. The number of hydrogen-bond donors (Lipinski definition) is 0. The summed E-state index contributed by atoms with van der Waals surface area (Å²) in [6, 6.07) is 6.00. The van der Waals surface area contributed by atoms with Crippen LogP contribution < -0.4 is 0 Å². The second kappa shape index (κ2) is 7.13. The highest BCUT2D eigenvalue weighted by Crippen LogP contribution is 2.32. The molecule has 0 fully saturated rings. The van der Waals surface area contributed by atoms with Gasteiger partial charge < -0.3 is 9.30 Å². The van der Waals surface area contributed by atoms with Gasteiger partial charge in [0, 0.05) is 23.5 Å². The fourth-order valence-corrected chi connectivity index (χ4v) is 2.76. The predicted octanol–water partition coefficient (Wildman–Crippen LogP) is 4.18. The smallest absolute Gasteiger partial charge is 0.417 e. The Labute approximate surface area is 143 Å². The molecule has 2 rings (SSSR count). The average molecular weight is 353 g/mol. The molecule has 7 heteroatoms. The number of rotatable bonds is 5. The third kappa shape index (κ3) is 3.92. The first-order valence-electron chi connectivity index (χ1n) is 7.70. The number of aromatic nitrogens is 1. The van der Waals surface area contributed by atoms with Crippen molar-refractivity contribution < 1.29 is 27.5 Å². The van der Waals surface area contributed by atoms with E-state index in [9.17, 15) is 22.8 Å². The Hall–Kier alpha value is -2.57. The number of nitrogens with zero attached hydrogens (tertiary/aromatic N) is 1. The van der Waals surface area contributed by atoms with Gasteiger partial charge in [-0.1, -0.05) is 12.1 Å². The zero-order chi connectivity index (χ0) is 18.8. The van der Waals surface area contributed by atoms with Gasteiger partial charge in [0.2, 0.25) is 5.78 Å². The highest BCUT2D eigenvalue weighted by atomic mass is 19.4. The van der Waals surface area contributed by atoms with Crippen molar-refractivity contribution in [1.82, 2.24) is 4.57 Å². The van der Waals surface area contributed by atoms with Crippen LogP contribution in [0.2, 0.25) is 0 Å². The van der Waals surface area contributed by atoms with Crippen LogP contribution in [0.25, 0.3) is 0 Å². The number of carbonyl (C=O) groups is 2. The SMILES string of the molecule is CCn1c(C)cc(C(=O)COC(=O)c2ccccc2C(F)(F)F)c1C. The van der Waals surface area contributed by atoms with E-state index in [4.69, 9.17) is 4.74 Å². The maximum atomic E-state index is 12.9. The van der Waals surface area contributed by atoms with Crippen LogP contribution in [0.1, 0.15) is 44.6 Å². The van der Waals surface area contributed by atoms with Crippen molar-refractivity contribution in [3.8, 4) is 0 Å². The number of aryl methyl sites for hydroxylation is 1. The third-order valence-electron chi connectivity index (χ3n) is 3.98. The van der Waals surface area contributed by atoms with Crippen molar-refractivity contribution in [2.24, 2.45) is 0 Å². The van der Waals surface area contributed by atoms with Crippen molar-refractivity contribution in [2.75, 3.05) is 6.61 Å². The van der Waals surface area contributed by atoms with E-state index >= 15 is 0 Å². The van der Waals surface area contributed by atoms with E-state index in [0.29, 0.717) is 12.1 Å². The van der Waals surface area contributed by atoms with Crippen LogP contribution in [0, 0.1) is 13.8 Å². The molecule has 0 aliphatic rings. The van der Waals surface area contributed by atoms with E-state index in [-0.39, 0.29) is 0 Å². The molecular weight excluding hydrogens is 335 g/mol. The second-order valence-electron chi connectivity index (χ2n) is 5.57. The number of halogens is 3. The van der Waals surface area contributed by atoms with Crippen LogP contribution in [-0.4, -0.2) is 22.9 Å². The van der Waals surface area contributed by atoms with E-state index in [1.165, 1.54) is 12.1 Å². The zero-order valence-corrected chi connectivity index (χ0v) is 14.1. The molecule has 134 valence electrons. The largest absolute Gasteiger partial charge is 0.454 e. The van der Waals surface area contributed by atoms with Gasteiger partial charge in [0.1, 0.15) is 0 Å². The lowest BCUT2D eigenvalue weighted by molar-refractivity contribution is -0.138. The van der Waals surface area contributed by atoms with Crippen molar-refractivity contribution >= 4 is 11.8 Å². The molecule has 0 bridgehead atoms. The molecule has 0 radical (unpaired) electrons. The summed E-state index contributed by atoms with van der Waals surface area (Å²) in [6.45, 7) is 5.62. The molecule has 0 saturated carbocycles. The van der Waals surface area contributed by atoms with Gasteiger partial charge >= 0.3 is 12.1 Å². The monoisotopic (exact) mass is 353 g/mol. The molecule has 0 aliphatic carbocycles. The van der Waals surface area contributed by atoms with E-state index < -0.39 is 35.7 Å². The Bertz CT molecular complexity index is 806. The first-order valence-corrected chi connectivity index (χ1v) is 7.70. The summed E-state index contributed by atoms with van der Waals surface area (Å²) in [7, 11) is 0. The lowest BCUT2D eigenvalue weighted by atomic mass is 10.1. The van der Waals surface area contributed by atoms with Gasteiger partial charge in [0.25, 0.3) is 0 Å². The van der Waals surface area contributed by atoms with Gasteiger partial charge in [-0.05, 0) is 39.0 Å². The topological polar surface area (TPSA) is 48.3 Å². The number of carbonyl (C=O) groups excluding carboxylic acids is 2. The Kier molecular flexibility index (Phi) is 5.35. The summed E-state index contributed by atoms with van der Waals surface area (Å²) in [4.78, 5) is 24.2. The molecule has 0 saturated heterocycles. The second-order valence-corrected chi connectivity index (χ2v) is 5.57. The summed E-state index contributed by atoms with van der Waals surface area (Å²) < 4.78 is 45.5. The highest BCUT2D eigenvalue weighted by molar-refractivity contribution is 6.00.